The van der Waals surface area contributed by atoms with Gasteiger partial charge in [0.05, 0.1) is 5.69 Å². The largest absolute Gasteiger partial charge is 0.486 e. The molecule has 0 bridgehead atoms. The van der Waals surface area contributed by atoms with Crippen LogP contribution in [0.4, 0.5) is 0 Å². The summed E-state index contributed by atoms with van der Waals surface area (Å²) in [5.74, 6) is 1.66. The molecule has 1 aliphatic rings. The second kappa shape index (κ2) is 5.65. The van der Waals surface area contributed by atoms with Crippen molar-refractivity contribution in [3.8, 4) is 11.5 Å². The van der Waals surface area contributed by atoms with E-state index >= 15 is 0 Å². The summed E-state index contributed by atoms with van der Waals surface area (Å²) in [5, 5.41) is 7.57. The molecule has 2 aromatic rings. The number of ether oxygens (including phenoxy) is 2. The van der Waals surface area contributed by atoms with Gasteiger partial charge in [-0.15, -0.1) is 0 Å². The van der Waals surface area contributed by atoms with Gasteiger partial charge >= 0.3 is 0 Å². The summed E-state index contributed by atoms with van der Waals surface area (Å²) in [5.41, 5.74) is 9.21. The van der Waals surface area contributed by atoms with Crippen LogP contribution in [0.2, 0.25) is 0 Å². The van der Waals surface area contributed by atoms with Gasteiger partial charge in [0.1, 0.15) is 13.2 Å². The van der Waals surface area contributed by atoms with Gasteiger partial charge in [0, 0.05) is 23.6 Å². The van der Waals surface area contributed by atoms with Gasteiger partial charge in [-0.2, -0.15) is 5.10 Å². The average molecular weight is 301 g/mol. The number of aromatic nitrogens is 2. The first-order valence-electron chi connectivity index (χ1n) is 7.64. The number of hydrogen-bond acceptors (Lipinski definition) is 4. The molecule has 1 unspecified atom stereocenters. The quantitative estimate of drug-likeness (QED) is 0.914. The van der Waals surface area contributed by atoms with Gasteiger partial charge in [0.25, 0.3) is 0 Å². The number of aromatic amines is 1. The fraction of sp³-hybridized carbons (Fsp3) is 0.471. The Bertz CT molecular complexity index is 658. The number of benzene rings is 1. The lowest BCUT2D eigenvalue weighted by Crippen LogP contribution is -2.17. The molecule has 5 heteroatoms. The molecule has 1 aromatic carbocycles. The predicted molar refractivity (Wildman–Crippen MR) is 85.6 cm³/mol. The van der Waals surface area contributed by atoms with Crippen molar-refractivity contribution in [2.45, 2.75) is 32.1 Å². The first-order valence-corrected chi connectivity index (χ1v) is 7.64. The van der Waals surface area contributed by atoms with Gasteiger partial charge < -0.3 is 15.2 Å². The number of fused-ring (bicyclic) bond motifs is 1. The fourth-order valence-electron chi connectivity index (χ4n) is 2.62. The summed E-state index contributed by atoms with van der Waals surface area (Å²) < 4.78 is 11.2. The Labute approximate surface area is 130 Å². The van der Waals surface area contributed by atoms with Gasteiger partial charge in [0.15, 0.2) is 11.5 Å². The molecular weight excluding hydrogens is 278 g/mol. The summed E-state index contributed by atoms with van der Waals surface area (Å²) in [7, 11) is 0. The number of nitrogens with two attached hydrogens (primary N) is 1. The van der Waals surface area contributed by atoms with Crippen molar-refractivity contribution in [3.63, 3.8) is 0 Å². The van der Waals surface area contributed by atoms with E-state index in [1.165, 1.54) is 0 Å². The maximum absolute atomic E-state index is 6.01. The summed E-state index contributed by atoms with van der Waals surface area (Å²) in [6, 6.07) is 8.12. The average Bonchev–Trinajstić information content (AvgIpc) is 2.98. The lowest BCUT2D eigenvalue weighted by Gasteiger charge is -2.21. The Morgan fingerprint density at radius 3 is 2.55 bits per heavy atom. The maximum atomic E-state index is 6.01. The zero-order valence-corrected chi connectivity index (χ0v) is 13.3. The van der Waals surface area contributed by atoms with E-state index in [9.17, 15) is 0 Å². The van der Waals surface area contributed by atoms with Crippen molar-refractivity contribution in [2.24, 2.45) is 5.73 Å². The Hall–Kier alpha value is -2.01. The molecule has 2 heterocycles. The van der Waals surface area contributed by atoms with E-state index in [4.69, 9.17) is 15.2 Å². The van der Waals surface area contributed by atoms with Crippen LogP contribution in [-0.2, 0) is 5.41 Å². The second-order valence-electron chi connectivity index (χ2n) is 6.65. The van der Waals surface area contributed by atoms with E-state index in [-0.39, 0.29) is 11.3 Å². The second-order valence-corrected chi connectivity index (χ2v) is 6.65. The molecule has 22 heavy (non-hydrogen) atoms. The van der Waals surface area contributed by atoms with E-state index in [0.717, 1.165) is 28.5 Å². The smallest absolute Gasteiger partial charge is 0.161 e. The molecule has 1 aliphatic heterocycles. The molecule has 118 valence electrons. The Kier molecular flexibility index (Phi) is 3.83. The molecule has 0 fully saturated rings. The summed E-state index contributed by atoms with van der Waals surface area (Å²) in [6.45, 7) is 8.13. The van der Waals surface area contributed by atoms with Crippen LogP contribution in [0.1, 0.15) is 43.6 Å². The zero-order chi connectivity index (χ0) is 15.7. The van der Waals surface area contributed by atoms with E-state index in [1.54, 1.807) is 0 Å². The Morgan fingerprint density at radius 2 is 1.91 bits per heavy atom. The van der Waals surface area contributed by atoms with Crippen molar-refractivity contribution < 1.29 is 9.47 Å². The first kappa shape index (κ1) is 14.9. The molecule has 3 N–H and O–H groups in total. The third-order valence-corrected chi connectivity index (χ3v) is 3.95. The number of H-pyrrole nitrogens is 1. The molecule has 3 rings (SSSR count). The molecule has 0 saturated heterocycles. The minimum Gasteiger partial charge on any atom is -0.486 e. The van der Waals surface area contributed by atoms with Crippen molar-refractivity contribution in [3.05, 3.63) is 41.2 Å². The molecule has 0 radical (unpaired) electrons. The highest BCUT2D eigenvalue weighted by Gasteiger charge is 2.22. The SMILES string of the molecule is CC(C)(C)c1cc(C(CN)c2ccc3c(c2)OCCO3)[nH]n1. The van der Waals surface area contributed by atoms with E-state index in [0.29, 0.717) is 19.8 Å². The van der Waals surface area contributed by atoms with Crippen LogP contribution in [-0.4, -0.2) is 30.0 Å². The Morgan fingerprint density at radius 1 is 1.18 bits per heavy atom. The molecule has 5 nitrogen and oxygen atoms in total. The van der Waals surface area contributed by atoms with E-state index in [1.807, 2.05) is 18.2 Å². The summed E-state index contributed by atoms with van der Waals surface area (Å²) in [4.78, 5) is 0. The Balaban J connectivity index is 1.92. The summed E-state index contributed by atoms with van der Waals surface area (Å²) >= 11 is 0. The monoisotopic (exact) mass is 301 g/mol. The van der Waals surface area contributed by atoms with Gasteiger partial charge in [-0.05, 0) is 23.8 Å². The van der Waals surface area contributed by atoms with Crippen LogP contribution >= 0.6 is 0 Å². The standard InChI is InChI=1S/C17H23N3O2/c1-17(2,3)16-9-13(19-20-16)12(10-18)11-4-5-14-15(8-11)22-7-6-21-14/h4-5,8-9,12H,6-7,10,18H2,1-3H3,(H,19,20). The van der Waals surface area contributed by atoms with Crippen LogP contribution in [0.25, 0.3) is 0 Å². The van der Waals surface area contributed by atoms with E-state index in [2.05, 4.69) is 37.0 Å². The van der Waals surface area contributed by atoms with Crippen molar-refractivity contribution in [2.75, 3.05) is 19.8 Å². The minimum absolute atomic E-state index is 0.0146. The summed E-state index contributed by atoms with van der Waals surface area (Å²) in [6.07, 6.45) is 0. The maximum Gasteiger partial charge on any atom is 0.161 e. The minimum atomic E-state index is 0.0146. The van der Waals surface area contributed by atoms with Crippen LogP contribution in [0, 0.1) is 0 Å². The highest BCUT2D eigenvalue weighted by Crippen LogP contribution is 2.35. The third kappa shape index (κ3) is 2.81. The molecule has 0 saturated carbocycles. The number of nitrogens with zero attached hydrogens (tertiary/aromatic N) is 1. The fourth-order valence-corrected chi connectivity index (χ4v) is 2.62. The van der Waals surface area contributed by atoms with Crippen molar-refractivity contribution >= 4 is 0 Å². The predicted octanol–water partition coefficient (Wildman–Crippen LogP) is 2.57. The first-order chi connectivity index (χ1) is 10.5. The number of rotatable bonds is 3. The van der Waals surface area contributed by atoms with Crippen LogP contribution in [0.5, 0.6) is 11.5 Å². The number of hydrogen-bond donors (Lipinski definition) is 2. The molecular formula is C17H23N3O2. The zero-order valence-electron chi connectivity index (χ0n) is 13.3. The van der Waals surface area contributed by atoms with Crippen molar-refractivity contribution in [1.29, 1.82) is 0 Å². The topological polar surface area (TPSA) is 73.2 Å². The van der Waals surface area contributed by atoms with Crippen LogP contribution < -0.4 is 15.2 Å². The lowest BCUT2D eigenvalue weighted by molar-refractivity contribution is 0.171. The highest BCUT2D eigenvalue weighted by atomic mass is 16.6. The van der Waals surface area contributed by atoms with Crippen molar-refractivity contribution in [1.82, 2.24) is 10.2 Å². The molecule has 1 aromatic heterocycles. The van der Waals surface area contributed by atoms with Gasteiger partial charge in [-0.1, -0.05) is 26.8 Å². The normalized spacial score (nSPS) is 15.6. The molecule has 0 amide bonds. The third-order valence-electron chi connectivity index (χ3n) is 3.95. The van der Waals surface area contributed by atoms with Gasteiger partial charge in [-0.3, -0.25) is 5.10 Å². The lowest BCUT2D eigenvalue weighted by atomic mass is 9.90. The van der Waals surface area contributed by atoms with E-state index < -0.39 is 0 Å². The molecule has 1 atom stereocenters. The van der Waals surface area contributed by atoms with Gasteiger partial charge in [-0.25, -0.2) is 0 Å². The molecule has 0 spiro atoms. The van der Waals surface area contributed by atoms with Gasteiger partial charge in [0.2, 0.25) is 0 Å². The number of nitrogens with one attached hydrogen (secondary N) is 1. The molecule has 0 aliphatic carbocycles. The van der Waals surface area contributed by atoms with Crippen LogP contribution in [0.3, 0.4) is 0 Å². The highest BCUT2D eigenvalue weighted by molar-refractivity contribution is 5.46. The van der Waals surface area contributed by atoms with Crippen LogP contribution in [0.15, 0.2) is 24.3 Å².